The molecule has 1 fully saturated rings. The molecule has 0 aromatic heterocycles. The monoisotopic (exact) mass is 296 g/mol. The van der Waals surface area contributed by atoms with Gasteiger partial charge in [0.2, 0.25) is 5.91 Å². The van der Waals surface area contributed by atoms with Crippen molar-refractivity contribution in [3.8, 4) is 0 Å². The van der Waals surface area contributed by atoms with Crippen LogP contribution in [-0.4, -0.2) is 76.4 Å². The molecule has 1 saturated heterocycles. The van der Waals surface area contributed by atoms with Crippen molar-refractivity contribution in [3.63, 3.8) is 0 Å². The van der Waals surface area contributed by atoms with Crippen LogP contribution in [0.5, 0.6) is 0 Å². The van der Waals surface area contributed by atoms with Crippen molar-refractivity contribution in [2.45, 2.75) is 0 Å². The minimum absolute atomic E-state index is 0.0940. The molecule has 1 rings (SSSR count). The quantitative estimate of drug-likeness (QED) is 0.603. The van der Waals surface area contributed by atoms with Gasteiger partial charge in [0.25, 0.3) is 0 Å². The number of hydrogen-bond acceptors (Lipinski definition) is 5. The van der Waals surface area contributed by atoms with E-state index in [2.05, 4.69) is 0 Å². The van der Waals surface area contributed by atoms with Gasteiger partial charge >= 0.3 is 11.9 Å². The largest absolute Gasteiger partial charge is 0.478 e. The Labute approximate surface area is 120 Å². The van der Waals surface area contributed by atoms with Crippen LogP contribution in [0.25, 0.3) is 0 Å². The van der Waals surface area contributed by atoms with Gasteiger partial charge in [0.05, 0.1) is 6.54 Å². The lowest BCUT2D eigenvalue weighted by Gasteiger charge is -2.33. The summed E-state index contributed by atoms with van der Waals surface area (Å²) in [5, 5.41) is 16.8. The van der Waals surface area contributed by atoms with E-state index in [-0.39, 0.29) is 18.2 Å². The molecular weight excluding hydrogens is 280 g/mol. The van der Waals surface area contributed by atoms with Crippen LogP contribution >= 0.6 is 0 Å². The molecule has 1 amide bonds. The van der Waals surface area contributed by atoms with Gasteiger partial charge in [0, 0.05) is 44.4 Å². The van der Waals surface area contributed by atoms with Crippen LogP contribution in [-0.2, 0) is 19.2 Å². The van der Waals surface area contributed by atoms with Crippen LogP contribution < -0.4 is 0 Å². The van der Waals surface area contributed by atoms with Gasteiger partial charge in [-0.2, -0.15) is 0 Å². The third kappa shape index (κ3) is 6.48. The highest BCUT2D eigenvalue weighted by Crippen LogP contribution is 2.03. The molecule has 1 heterocycles. The minimum atomic E-state index is -1.18. The fourth-order valence-corrected chi connectivity index (χ4v) is 1.81. The molecule has 114 valence electrons. The van der Waals surface area contributed by atoms with Crippen molar-refractivity contribution in [1.82, 2.24) is 9.80 Å². The molecule has 8 heteroatoms. The van der Waals surface area contributed by atoms with Crippen molar-refractivity contribution in [2.24, 2.45) is 0 Å². The molecule has 0 radical (unpaired) electrons. The van der Waals surface area contributed by atoms with Crippen molar-refractivity contribution in [2.75, 3.05) is 32.7 Å². The van der Waals surface area contributed by atoms with E-state index in [0.29, 0.717) is 26.2 Å². The van der Waals surface area contributed by atoms with Crippen molar-refractivity contribution >= 4 is 23.6 Å². The lowest BCUT2D eigenvalue weighted by atomic mass is 10.2. The van der Waals surface area contributed by atoms with Gasteiger partial charge < -0.3 is 15.1 Å². The molecule has 0 atom stereocenters. The van der Waals surface area contributed by atoms with Gasteiger partial charge in [-0.05, 0) is 6.08 Å². The van der Waals surface area contributed by atoms with Gasteiger partial charge in [-0.15, -0.1) is 0 Å². The van der Waals surface area contributed by atoms with Crippen LogP contribution in [0.3, 0.4) is 0 Å². The van der Waals surface area contributed by atoms with Crippen LogP contribution in [0.15, 0.2) is 24.3 Å². The molecule has 1 aliphatic heterocycles. The number of hydrogen-bond donors (Lipinski definition) is 2. The maximum absolute atomic E-state index is 11.6. The lowest BCUT2D eigenvalue weighted by molar-refractivity contribution is -0.132. The first-order valence-electron chi connectivity index (χ1n) is 6.24. The summed E-state index contributed by atoms with van der Waals surface area (Å²) < 4.78 is 0. The maximum Gasteiger partial charge on any atom is 0.328 e. The third-order valence-electron chi connectivity index (χ3n) is 2.84. The average Bonchev–Trinajstić information content (AvgIpc) is 2.43. The Morgan fingerprint density at radius 1 is 0.810 bits per heavy atom. The zero-order chi connectivity index (χ0) is 15.8. The number of carboxylic acid groups (broad SMARTS) is 2. The molecule has 8 nitrogen and oxygen atoms in total. The van der Waals surface area contributed by atoms with E-state index in [0.717, 1.165) is 24.3 Å². The second-order valence-electron chi connectivity index (χ2n) is 4.41. The molecule has 0 aliphatic carbocycles. The van der Waals surface area contributed by atoms with E-state index in [4.69, 9.17) is 10.2 Å². The SMILES string of the molecule is O=C(O)/C=C\C(=O)CN1CCN(C(=O)/C=C\C(=O)O)CC1. The van der Waals surface area contributed by atoms with Crippen LogP contribution in [0.4, 0.5) is 0 Å². The van der Waals surface area contributed by atoms with Gasteiger partial charge in [-0.3, -0.25) is 14.5 Å². The van der Waals surface area contributed by atoms with Crippen LogP contribution in [0, 0.1) is 0 Å². The highest BCUT2D eigenvalue weighted by Gasteiger charge is 2.20. The number of rotatable bonds is 6. The van der Waals surface area contributed by atoms with Crippen molar-refractivity contribution in [1.29, 1.82) is 0 Å². The number of aliphatic carboxylic acids is 2. The number of piperazine rings is 1. The summed E-state index contributed by atoms with van der Waals surface area (Å²) in [7, 11) is 0. The maximum atomic E-state index is 11.6. The molecule has 0 spiro atoms. The summed E-state index contributed by atoms with van der Waals surface area (Å²) in [5.41, 5.74) is 0. The smallest absolute Gasteiger partial charge is 0.328 e. The van der Waals surface area contributed by atoms with Crippen LogP contribution in [0.1, 0.15) is 0 Å². The van der Waals surface area contributed by atoms with E-state index < -0.39 is 11.9 Å². The normalized spacial score (nSPS) is 16.5. The molecule has 0 aromatic rings. The summed E-state index contributed by atoms with van der Waals surface area (Å²) in [5.74, 6) is -3.06. The highest BCUT2D eigenvalue weighted by molar-refractivity contribution is 5.96. The lowest BCUT2D eigenvalue weighted by Crippen LogP contribution is -2.49. The van der Waals surface area contributed by atoms with E-state index in [9.17, 15) is 19.2 Å². The number of nitrogens with zero attached hydrogens (tertiary/aromatic N) is 2. The molecule has 1 aliphatic rings. The first-order chi connectivity index (χ1) is 9.88. The predicted octanol–water partition coefficient (Wildman–Crippen LogP) is -1.02. The van der Waals surface area contributed by atoms with Gasteiger partial charge in [-0.1, -0.05) is 0 Å². The Bertz CT molecular complexity index is 489. The number of carbonyl (C=O) groups excluding carboxylic acids is 2. The summed E-state index contributed by atoms with van der Waals surface area (Å²) in [6.45, 7) is 1.81. The first-order valence-corrected chi connectivity index (χ1v) is 6.24. The molecule has 2 N–H and O–H groups in total. The number of ketones is 1. The fraction of sp³-hybridized carbons (Fsp3) is 0.385. The van der Waals surface area contributed by atoms with E-state index >= 15 is 0 Å². The van der Waals surface area contributed by atoms with Gasteiger partial charge in [0.1, 0.15) is 0 Å². The Balaban J connectivity index is 2.38. The summed E-state index contributed by atoms with van der Waals surface area (Å²) >= 11 is 0. The van der Waals surface area contributed by atoms with E-state index in [1.807, 2.05) is 0 Å². The third-order valence-corrected chi connectivity index (χ3v) is 2.84. The number of carbonyl (C=O) groups is 4. The zero-order valence-corrected chi connectivity index (χ0v) is 11.3. The fourth-order valence-electron chi connectivity index (χ4n) is 1.81. The zero-order valence-electron chi connectivity index (χ0n) is 11.3. The highest BCUT2D eigenvalue weighted by atomic mass is 16.4. The molecular formula is C13H16N2O6. The summed E-state index contributed by atoms with van der Waals surface area (Å²) in [6, 6.07) is 0. The van der Waals surface area contributed by atoms with E-state index in [1.54, 1.807) is 4.90 Å². The molecule has 0 aromatic carbocycles. The standard InChI is InChI=1S/C13H16N2O6/c16-10(1-3-12(18)19)9-14-5-7-15(8-6-14)11(17)2-4-13(20)21/h1-4H,5-9H2,(H,18,19)(H,20,21)/b3-1-,4-2-. The average molecular weight is 296 g/mol. The van der Waals surface area contributed by atoms with Gasteiger partial charge in [-0.25, -0.2) is 9.59 Å². The predicted molar refractivity (Wildman–Crippen MR) is 71.6 cm³/mol. The van der Waals surface area contributed by atoms with E-state index in [1.165, 1.54) is 4.90 Å². The Hall–Kier alpha value is -2.48. The van der Waals surface area contributed by atoms with Crippen molar-refractivity contribution in [3.05, 3.63) is 24.3 Å². The molecule has 0 bridgehead atoms. The van der Waals surface area contributed by atoms with Crippen molar-refractivity contribution < 1.29 is 29.4 Å². The molecule has 21 heavy (non-hydrogen) atoms. The second-order valence-corrected chi connectivity index (χ2v) is 4.41. The molecule has 0 unspecified atom stereocenters. The number of carboxylic acids is 2. The Morgan fingerprint density at radius 3 is 1.86 bits per heavy atom. The Kier molecular flexibility index (Phi) is 6.28. The topological polar surface area (TPSA) is 115 Å². The second kappa shape index (κ2) is 7.95. The van der Waals surface area contributed by atoms with Crippen LogP contribution in [0.2, 0.25) is 0 Å². The minimum Gasteiger partial charge on any atom is -0.478 e. The number of amides is 1. The first kappa shape index (κ1) is 16.6. The summed E-state index contributed by atoms with van der Waals surface area (Å²) in [6.07, 6.45) is 3.59. The summed E-state index contributed by atoms with van der Waals surface area (Å²) in [4.78, 5) is 47.0. The van der Waals surface area contributed by atoms with Gasteiger partial charge in [0.15, 0.2) is 5.78 Å². The Morgan fingerprint density at radius 2 is 1.33 bits per heavy atom. The molecule has 0 saturated carbocycles.